The maximum atomic E-state index is 13.6. The molecule has 15 nitrogen and oxygen atoms in total. The van der Waals surface area contributed by atoms with Gasteiger partial charge >= 0.3 is 12.0 Å². The summed E-state index contributed by atoms with van der Waals surface area (Å²) < 4.78 is 5.61. The van der Waals surface area contributed by atoms with Gasteiger partial charge in [-0.1, -0.05) is 71.9 Å². The van der Waals surface area contributed by atoms with Gasteiger partial charge in [0.25, 0.3) is 0 Å². The lowest BCUT2D eigenvalue weighted by atomic mass is 9.88. The van der Waals surface area contributed by atoms with Gasteiger partial charge in [-0.15, -0.1) is 0 Å². The number of hydrogen-bond donors (Lipinski definition) is 8. The number of hydrogen-bond acceptors (Lipinski definition) is 9. The van der Waals surface area contributed by atoms with Gasteiger partial charge in [0.1, 0.15) is 18.7 Å². The van der Waals surface area contributed by atoms with E-state index < -0.39 is 47.3 Å². The topological polar surface area (TPSA) is 230 Å². The molecule has 0 spiro atoms. The standard InChI is InChI=1S/C38H63N7O8/c1-25(2)31(45-32(47)29(40-5)19-22-41-36(51)38(3,4)20-23-46)34(49)44-30(14-11-21-42-37(39)52)33(48)43-28-17-15-26(16-18-28)24-53-35(50)27-12-9-7-6-8-10-13-27/h15-18,25,27,29-31,40,46H,6-14,19-24H2,1-5H3,(H,41,51)(H,43,48)(H,44,49)(H,45,47)(H3,39,42,52). The van der Waals surface area contributed by atoms with E-state index in [2.05, 4.69) is 31.9 Å². The Hall–Kier alpha value is -4.24. The van der Waals surface area contributed by atoms with Crippen molar-refractivity contribution < 1.29 is 38.6 Å². The minimum Gasteiger partial charge on any atom is -0.461 e. The lowest BCUT2D eigenvalue weighted by molar-refractivity contribution is -0.150. The van der Waals surface area contributed by atoms with Crippen LogP contribution in [0.25, 0.3) is 0 Å². The van der Waals surface area contributed by atoms with E-state index in [0.29, 0.717) is 18.5 Å². The number of anilines is 1. The van der Waals surface area contributed by atoms with E-state index >= 15 is 0 Å². The highest BCUT2D eigenvalue weighted by atomic mass is 16.5. The molecule has 2 rings (SSSR count). The second-order valence-electron chi connectivity index (χ2n) is 14.8. The van der Waals surface area contributed by atoms with Crippen LogP contribution in [0, 0.1) is 17.3 Å². The number of urea groups is 1. The largest absolute Gasteiger partial charge is 0.461 e. The summed E-state index contributed by atoms with van der Waals surface area (Å²) in [5.74, 6) is -2.34. The van der Waals surface area contributed by atoms with E-state index in [1.165, 1.54) is 6.42 Å². The number of likely N-dealkylation sites (N-methyl/N-ethyl adjacent to an activating group) is 1. The van der Waals surface area contributed by atoms with Crippen molar-refractivity contribution in [1.82, 2.24) is 26.6 Å². The Morgan fingerprint density at radius 3 is 2.08 bits per heavy atom. The molecule has 0 radical (unpaired) electrons. The summed E-state index contributed by atoms with van der Waals surface area (Å²) in [5, 5.41) is 25.8. The summed E-state index contributed by atoms with van der Waals surface area (Å²) in [6.45, 7) is 7.38. The highest BCUT2D eigenvalue weighted by Gasteiger charge is 2.31. The fraction of sp³-hybridized carbons (Fsp3) is 0.684. The minimum absolute atomic E-state index is 0.0668. The minimum atomic E-state index is -1.02. The molecule has 0 saturated heterocycles. The van der Waals surface area contributed by atoms with E-state index in [9.17, 15) is 33.9 Å². The molecular formula is C38H63N7O8. The Morgan fingerprint density at radius 2 is 1.49 bits per heavy atom. The molecule has 9 N–H and O–H groups in total. The molecule has 1 aromatic rings. The molecule has 53 heavy (non-hydrogen) atoms. The van der Waals surface area contributed by atoms with E-state index in [0.717, 1.165) is 44.1 Å². The Bertz CT molecular complexity index is 1330. The zero-order valence-electron chi connectivity index (χ0n) is 32.2. The van der Waals surface area contributed by atoms with Gasteiger partial charge < -0.3 is 47.5 Å². The molecule has 1 aliphatic rings. The van der Waals surface area contributed by atoms with Crippen molar-refractivity contribution in [3.8, 4) is 0 Å². The van der Waals surface area contributed by atoms with Gasteiger partial charge in [0.05, 0.1) is 12.0 Å². The molecule has 15 heteroatoms. The average Bonchev–Trinajstić information content (AvgIpc) is 3.09. The lowest BCUT2D eigenvalue weighted by Gasteiger charge is -2.27. The van der Waals surface area contributed by atoms with Crippen LogP contribution in [0.3, 0.4) is 0 Å². The molecule has 1 saturated carbocycles. The van der Waals surface area contributed by atoms with Crippen molar-refractivity contribution in [1.29, 1.82) is 0 Å². The summed E-state index contributed by atoms with van der Waals surface area (Å²) in [7, 11) is 1.60. The number of aliphatic hydroxyl groups excluding tert-OH is 1. The zero-order valence-corrected chi connectivity index (χ0v) is 32.2. The molecule has 6 amide bonds. The SMILES string of the molecule is CNC(CCNC(=O)C(C)(C)CCO)C(=O)NC(C(=O)NC(CCCNC(N)=O)C(=O)Nc1ccc(COC(=O)C2CCCCCCC2)cc1)C(C)C. The number of rotatable bonds is 21. The third-order valence-electron chi connectivity index (χ3n) is 9.62. The quantitative estimate of drug-likeness (QED) is 0.0682. The molecule has 0 heterocycles. The summed E-state index contributed by atoms with van der Waals surface area (Å²) in [6, 6.07) is 3.46. The van der Waals surface area contributed by atoms with Gasteiger partial charge in [-0.25, -0.2) is 4.79 Å². The Morgan fingerprint density at radius 1 is 0.849 bits per heavy atom. The first-order valence-corrected chi connectivity index (χ1v) is 18.9. The van der Waals surface area contributed by atoms with Crippen molar-refractivity contribution in [2.45, 2.75) is 123 Å². The van der Waals surface area contributed by atoms with Crippen molar-refractivity contribution in [2.24, 2.45) is 23.0 Å². The third-order valence-corrected chi connectivity index (χ3v) is 9.62. The van der Waals surface area contributed by atoms with E-state index in [-0.39, 0.29) is 62.9 Å². The molecule has 1 aliphatic carbocycles. The highest BCUT2D eigenvalue weighted by molar-refractivity contribution is 5.98. The lowest BCUT2D eigenvalue weighted by Crippen LogP contribution is -2.57. The van der Waals surface area contributed by atoms with Gasteiger partial charge in [0.2, 0.25) is 23.6 Å². The van der Waals surface area contributed by atoms with Crippen molar-refractivity contribution in [3.63, 3.8) is 0 Å². The Kier molecular flexibility index (Phi) is 19.9. The van der Waals surface area contributed by atoms with Crippen LogP contribution in [0.1, 0.15) is 104 Å². The van der Waals surface area contributed by atoms with Crippen LogP contribution >= 0.6 is 0 Å². The number of esters is 1. The number of nitrogens with two attached hydrogens (primary N) is 1. The maximum Gasteiger partial charge on any atom is 0.312 e. The molecule has 3 atom stereocenters. The first-order valence-electron chi connectivity index (χ1n) is 18.9. The number of benzene rings is 1. The second kappa shape index (κ2) is 23.4. The maximum absolute atomic E-state index is 13.6. The first kappa shape index (κ1) is 44.9. The van der Waals surface area contributed by atoms with Crippen molar-refractivity contribution >= 4 is 41.3 Å². The van der Waals surface area contributed by atoms with Crippen LogP contribution in [0.15, 0.2) is 24.3 Å². The number of aliphatic hydroxyl groups is 1. The molecule has 0 aromatic heterocycles. The van der Waals surface area contributed by atoms with Crippen LogP contribution in [0.2, 0.25) is 0 Å². The van der Waals surface area contributed by atoms with Gasteiger partial charge in [0.15, 0.2) is 0 Å². The molecule has 1 fully saturated rings. The Balaban J connectivity index is 2.04. The van der Waals surface area contributed by atoms with Crippen LogP contribution < -0.4 is 37.6 Å². The summed E-state index contributed by atoms with van der Waals surface area (Å²) in [5.41, 5.74) is 5.66. The number of carbonyl (C=O) groups is 6. The van der Waals surface area contributed by atoms with E-state index in [4.69, 9.17) is 10.5 Å². The van der Waals surface area contributed by atoms with Gasteiger partial charge in [0, 0.05) is 30.8 Å². The van der Waals surface area contributed by atoms with Crippen molar-refractivity contribution in [2.75, 3.05) is 32.1 Å². The summed E-state index contributed by atoms with van der Waals surface area (Å²) >= 11 is 0. The fourth-order valence-electron chi connectivity index (χ4n) is 6.08. The predicted octanol–water partition coefficient (Wildman–Crippen LogP) is 2.61. The molecule has 298 valence electrons. The molecule has 1 aromatic carbocycles. The predicted molar refractivity (Wildman–Crippen MR) is 202 cm³/mol. The third kappa shape index (κ3) is 16.5. The highest BCUT2D eigenvalue weighted by Crippen LogP contribution is 2.24. The smallest absolute Gasteiger partial charge is 0.312 e. The van der Waals surface area contributed by atoms with Crippen LogP contribution in [-0.2, 0) is 35.3 Å². The fourth-order valence-corrected chi connectivity index (χ4v) is 6.08. The number of amides is 6. The normalized spacial score (nSPS) is 15.5. The molecule has 0 bridgehead atoms. The van der Waals surface area contributed by atoms with Crippen LogP contribution in [-0.4, -0.2) is 85.6 Å². The number of carbonyl (C=O) groups excluding carboxylic acids is 6. The van der Waals surface area contributed by atoms with E-state index in [1.54, 1.807) is 59.0 Å². The number of nitrogens with one attached hydrogen (secondary N) is 6. The molecular weight excluding hydrogens is 682 g/mol. The first-order chi connectivity index (χ1) is 25.2. The molecule has 3 unspecified atom stereocenters. The zero-order chi connectivity index (χ0) is 39.4. The number of primary amides is 1. The Labute approximate surface area is 314 Å². The van der Waals surface area contributed by atoms with Crippen molar-refractivity contribution in [3.05, 3.63) is 29.8 Å². The van der Waals surface area contributed by atoms with Crippen LogP contribution in [0.5, 0.6) is 0 Å². The molecule has 0 aliphatic heterocycles. The number of ether oxygens (including phenoxy) is 1. The van der Waals surface area contributed by atoms with Gasteiger partial charge in [-0.3, -0.25) is 24.0 Å². The summed E-state index contributed by atoms with van der Waals surface area (Å²) in [4.78, 5) is 76.7. The second-order valence-corrected chi connectivity index (χ2v) is 14.8. The van der Waals surface area contributed by atoms with Gasteiger partial charge in [-0.2, -0.15) is 0 Å². The average molecular weight is 746 g/mol. The monoisotopic (exact) mass is 745 g/mol. The summed E-state index contributed by atoms with van der Waals surface area (Å²) in [6.07, 6.45) is 8.33. The van der Waals surface area contributed by atoms with E-state index in [1.807, 2.05) is 0 Å². The van der Waals surface area contributed by atoms with Gasteiger partial charge in [-0.05, 0) is 69.2 Å². The van der Waals surface area contributed by atoms with Crippen LogP contribution in [0.4, 0.5) is 10.5 Å².